The summed E-state index contributed by atoms with van der Waals surface area (Å²) in [6, 6.07) is 1.90. The number of carbonyl (C=O) groups excluding carboxylic acids is 1. The predicted molar refractivity (Wildman–Crippen MR) is 51.5 cm³/mol. The van der Waals surface area contributed by atoms with E-state index in [0.29, 0.717) is 6.54 Å². The Morgan fingerprint density at radius 2 is 2.57 bits per heavy atom. The molecule has 1 aromatic heterocycles. The minimum Gasteiger partial charge on any atom is -0.263 e. The van der Waals surface area contributed by atoms with Crippen molar-refractivity contribution in [3.05, 3.63) is 30.6 Å². The Labute approximate surface area is 82.0 Å². The summed E-state index contributed by atoms with van der Waals surface area (Å²) < 4.78 is 1.82. The molecule has 4 heteroatoms. The van der Waals surface area contributed by atoms with Gasteiger partial charge in [0.1, 0.15) is 5.54 Å². The summed E-state index contributed by atoms with van der Waals surface area (Å²) >= 11 is 0. The molecule has 0 unspecified atom stereocenters. The van der Waals surface area contributed by atoms with E-state index in [-0.39, 0.29) is 5.54 Å². The molecule has 1 heterocycles. The third-order valence-corrected chi connectivity index (χ3v) is 2.48. The van der Waals surface area contributed by atoms with Crippen LogP contribution < -0.4 is 0 Å². The normalized spacial score (nSPS) is 17.1. The summed E-state index contributed by atoms with van der Waals surface area (Å²) in [6.07, 6.45) is 6.95. The fraction of sp³-hybridized carbons (Fsp3) is 0.400. The van der Waals surface area contributed by atoms with Gasteiger partial charge in [-0.3, -0.25) is 4.68 Å². The molecular weight excluding hydrogens is 178 g/mol. The number of isocyanates is 1. The fourth-order valence-electron chi connectivity index (χ4n) is 1.63. The van der Waals surface area contributed by atoms with Gasteiger partial charge >= 0.3 is 0 Å². The quantitative estimate of drug-likeness (QED) is 0.408. The van der Waals surface area contributed by atoms with E-state index in [0.717, 1.165) is 18.5 Å². The third kappa shape index (κ3) is 1.30. The van der Waals surface area contributed by atoms with Crippen molar-refractivity contribution < 1.29 is 4.79 Å². The summed E-state index contributed by atoms with van der Waals surface area (Å²) in [6.45, 7) is 4.31. The van der Waals surface area contributed by atoms with E-state index in [1.54, 1.807) is 18.4 Å². The summed E-state index contributed by atoms with van der Waals surface area (Å²) in [5.74, 6) is 0. The van der Waals surface area contributed by atoms with Gasteiger partial charge in [-0.25, -0.2) is 4.79 Å². The maximum atomic E-state index is 10.3. The van der Waals surface area contributed by atoms with Gasteiger partial charge < -0.3 is 0 Å². The van der Waals surface area contributed by atoms with E-state index in [4.69, 9.17) is 0 Å². The van der Waals surface area contributed by atoms with Crippen LogP contribution in [0.25, 0.3) is 0 Å². The number of aliphatic imine (C=N–C) groups is 1. The standard InChI is InChI=1S/C10H11N3O/c1-2-7-13-9(3-6-12-13)10(4-5-10)11-8-14/h2-3,6H,1,4-5,7H2. The van der Waals surface area contributed by atoms with E-state index < -0.39 is 0 Å². The number of hydrogen-bond acceptors (Lipinski definition) is 3. The smallest absolute Gasteiger partial charge is 0.235 e. The minimum absolute atomic E-state index is 0.332. The third-order valence-electron chi connectivity index (χ3n) is 2.48. The summed E-state index contributed by atoms with van der Waals surface area (Å²) in [7, 11) is 0. The molecule has 0 aliphatic heterocycles. The summed E-state index contributed by atoms with van der Waals surface area (Å²) in [5.41, 5.74) is 0.655. The molecule has 0 atom stereocenters. The fourth-order valence-corrected chi connectivity index (χ4v) is 1.63. The highest BCUT2D eigenvalue weighted by Crippen LogP contribution is 2.48. The molecule has 0 spiro atoms. The van der Waals surface area contributed by atoms with Crippen LogP contribution in [0.1, 0.15) is 18.5 Å². The van der Waals surface area contributed by atoms with Crippen molar-refractivity contribution in [1.82, 2.24) is 9.78 Å². The Kier molecular flexibility index (Phi) is 2.06. The van der Waals surface area contributed by atoms with Crippen molar-refractivity contribution in [2.75, 3.05) is 0 Å². The zero-order valence-electron chi connectivity index (χ0n) is 7.81. The Balaban J connectivity index is 2.35. The van der Waals surface area contributed by atoms with Crippen LogP contribution in [-0.2, 0) is 16.9 Å². The van der Waals surface area contributed by atoms with E-state index in [2.05, 4.69) is 16.7 Å². The zero-order valence-corrected chi connectivity index (χ0v) is 7.81. The number of hydrogen-bond donors (Lipinski definition) is 0. The lowest BCUT2D eigenvalue weighted by Crippen LogP contribution is -2.12. The van der Waals surface area contributed by atoms with Gasteiger partial charge in [-0.05, 0) is 18.9 Å². The molecule has 0 N–H and O–H groups in total. The first-order valence-electron chi connectivity index (χ1n) is 4.54. The molecule has 0 radical (unpaired) electrons. The molecule has 1 aliphatic carbocycles. The maximum absolute atomic E-state index is 10.3. The second-order valence-corrected chi connectivity index (χ2v) is 3.42. The lowest BCUT2D eigenvalue weighted by molar-refractivity contribution is 0.545. The number of rotatable bonds is 4. The predicted octanol–water partition coefficient (Wildman–Crippen LogP) is 1.39. The first kappa shape index (κ1) is 8.91. The number of aromatic nitrogens is 2. The van der Waals surface area contributed by atoms with Gasteiger partial charge in [0.25, 0.3) is 0 Å². The van der Waals surface area contributed by atoms with Gasteiger partial charge in [-0.1, -0.05) is 6.08 Å². The monoisotopic (exact) mass is 189 g/mol. The molecule has 0 aromatic carbocycles. The maximum Gasteiger partial charge on any atom is 0.235 e. The molecule has 1 saturated carbocycles. The van der Waals surface area contributed by atoms with Gasteiger partial charge in [-0.15, -0.1) is 6.58 Å². The lowest BCUT2D eigenvalue weighted by Gasteiger charge is -2.09. The van der Waals surface area contributed by atoms with Crippen LogP contribution in [0, 0.1) is 0 Å². The largest absolute Gasteiger partial charge is 0.263 e. The first-order chi connectivity index (χ1) is 6.82. The van der Waals surface area contributed by atoms with E-state index in [1.807, 2.05) is 10.7 Å². The Bertz CT molecular complexity index is 397. The zero-order chi connectivity index (χ0) is 10.0. The molecule has 1 aromatic rings. The molecule has 72 valence electrons. The highest BCUT2D eigenvalue weighted by atomic mass is 16.1. The van der Waals surface area contributed by atoms with Gasteiger partial charge in [0.15, 0.2) is 0 Å². The lowest BCUT2D eigenvalue weighted by atomic mass is 10.2. The van der Waals surface area contributed by atoms with Crippen molar-refractivity contribution in [2.45, 2.75) is 24.9 Å². The van der Waals surface area contributed by atoms with Crippen LogP contribution >= 0.6 is 0 Å². The molecule has 0 saturated heterocycles. The highest BCUT2D eigenvalue weighted by Gasteiger charge is 2.47. The van der Waals surface area contributed by atoms with E-state index in [1.165, 1.54) is 0 Å². The van der Waals surface area contributed by atoms with Crippen LogP contribution in [0.4, 0.5) is 0 Å². The first-order valence-corrected chi connectivity index (χ1v) is 4.54. The summed E-state index contributed by atoms with van der Waals surface area (Å²) in [5, 5.41) is 4.15. The second kappa shape index (κ2) is 3.24. The topological polar surface area (TPSA) is 47.2 Å². The van der Waals surface area contributed by atoms with Crippen LogP contribution in [0.15, 0.2) is 29.9 Å². The van der Waals surface area contributed by atoms with Gasteiger partial charge in [0.2, 0.25) is 6.08 Å². The van der Waals surface area contributed by atoms with Crippen LogP contribution in [0.2, 0.25) is 0 Å². The second-order valence-electron chi connectivity index (χ2n) is 3.42. The molecule has 0 bridgehead atoms. The molecular formula is C10H11N3O. The van der Waals surface area contributed by atoms with Crippen LogP contribution in [0.5, 0.6) is 0 Å². The van der Waals surface area contributed by atoms with Crippen molar-refractivity contribution in [2.24, 2.45) is 4.99 Å². The van der Waals surface area contributed by atoms with Crippen LogP contribution in [-0.4, -0.2) is 15.9 Å². The molecule has 4 nitrogen and oxygen atoms in total. The van der Waals surface area contributed by atoms with Crippen molar-refractivity contribution in [3.8, 4) is 0 Å². The highest BCUT2D eigenvalue weighted by molar-refractivity contribution is 5.39. The average molecular weight is 189 g/mol. The summed E-state index contributed by atoms with van der Waals surface area (Å²) in [4.78, 5) is 14.1. The molecule has 14 heavy (non-hydrogen) atoms. The SMILES string of the molecule is C=CCn1nccc1C1(N=C=O)CC1. The minimum atomic E-state index is -0.332. The Morgan fingerprint density at radius 1 is 1.79 bits per heavy atom. The van der Waals surface area contributed by atoms with Crippen LogP contribution in [0.3, 0.4) is 0 Å². The van der Waals surface area contributed by atoms with E-state index >= 15 is 0 Å². The number of allylic oxidation sites excluding steroid dienone is 1. The molecule has 1 aliphatic rings. The van der Waals surface area contributed by atoms with Gasteiger partial charge in [0.05, 0.1) is 12.2 Å². The Morgan fingerprint density at radius 3 is 3.14 bits per heavy atom. The van der Waals surface area contributed by atoms with Crippen molar-refractivity contribution >= 4 is 6.08 Å². The number of nitrogens with zero attached hydrogens (tertiary/aromatic N) is 3. The van der Waals surface area contributed by atoms with E-state index in [9.17, 15) is 4.79 Å². The molecule has 1 fully saturated rings. The van der Waals surface area contributed by atoms with Crippen molar-refractivity contribution in [1.29, 1.82) is 0 Å². The molecule has 2 rings (SSSR count). The molecule has 0 amide bonds. The van der Waals surface area contributed by atoms with Gasteiger partial charge in [-0.2, -0.15) is 10.1 Å². The van der Waals surface area contributed by atoms with Gasteiger partial charge in [0, 0.05) is 6.20 Å². The average Bonchev–Trinajstić information content (AvgIpc) is 2.78. The van der Waals surface area contributed by atoms with Crippen molar-refractivity contribution in [3.63, 3.8) is 0 Å². The Hall–Kier alpha value is -1.67.